The third-order valence-corrected chi connectivity index (χ3v) is 9.16. The minimum atomic E-state index is -1.29. The number of aryl methyl sites for hydroxylation is 1. The van der Waals surface area contributed by atoms with Crippen LogP contribution < -0.4 is 10.6 Å². The first kappa shape index (κ1) is 29.2. The summed E-state index contributed by atoms with van der Waals surface area (Å²) in [6.07, 6.45) is 1.75. The van der Waals surface area contributed by atoms with Gasteiger partial charge in [0.25, 0.3) is 0 Å². The van der Waals surface area contributed by atoms with Crippen LogP contribution in [0.3, 0.4) is 0 Å². The van der Waals surface area contributed by atoms with E-state index in [1.165, 1.54) is 36.6 Å². The van der Waals surface area contributed by atoms with E-state index >= 15 is 0 Å². The summed E-state index contributed by atoms with van der Waals surface area (Å²) >= 11 is 0. The molecule has 3 aliphatic rings. The zero-order valence-corrected chi connectivity index (χ0v) is 24.3. The minimum Gasteiger partial charge on any atom is -0.504 e. The van der Waals surface area contributed by atoms with Crippen LogP contribution in [0.5, 0.6) is 11.5 Å². The van der Waals surface area contributed by atoms with Crippen molar-refractivity contribution in [3.63, 3.8) is 0 Å². The number of aromatic hydroxyl groups is 2. The number of fused-ring (bicyclic) bond motifs is 4. The molecule has 0 aromatic heterocycles. The van der Waals surface area contributed by atoms with Crippen molar-refractivity contribution < 1.29 is 34.5 Å². The molecule has 2 heterocycles. The highest BCUT2D eigenvalue weighted by Crippen LogP contribution is 2.51. The summed E-state index contributed by atoms with van der Waals surface area (Å²) in [7, 11) is 1.26. The number of rotatable bonds is 5. The molecule has 224 valence electrons. The van der Waals surface area contributed by atoms with E-state index in [0.717, 1.165) is 29.7 Å². The summed E-state index contributed by atoms with van der Waals surface area (Å²) in [6.45, 7) is 5.26. The average Bonchev–Trinajstić information content (AvgIpc) is 3.19. The van der Waals surface area contributed by atoms with Crippen LogP contribution in [0.4, 0.5) is 4.79 Å². The van der Waals surface area contributed by atoms with Crippen molar-refractivity contribution in [2.24, 2.45) is 5.41 Å². The van der Waals surface area contributed by atoms with Crippen LogP contribution in [0.1, 0.15) is 74.4 Å². The van der Waals surface area contributed by atoms with Gasteiger partial charge in [0.15, 0.2) is 11.5 Å². The molecule has 11 heteroatoms. The van der Waals surface area contributed by atoms with Crippen LogP contribution in [-0.2, 0) is 27.2 Å². The number of phenolic OH excluding ortho intramolecular Hbond substituents is 2. The number of benzene rings is 2. The van der Waals surface area contributed by atoms with Crippen molar-refractivity contribution in [1.82, 2.24) is 20.4 Å². The highest BCUT2D eigenvalue weighted by molar-refractivity contribution is 5.95. The average molecular weight is 579 g/mol. The highest BCUT2D eigenvalue weighted by Gasteiger charge is 2.55. The molecular formula is C31H38N4O7. The number of hydrogen-bond donors (Lipinski definition) is 5. The van der Waals surface area contributed by atoms with E-state index in [2.05, 4.69) is 16.7 Å². The van der Waals surface area contributed by atoms with Crippen molar-refractivity contribution in [2.75, 3.05) is 7.05 Å². The fourth-order valence-corrected chi connectivity index (χ4v) is 6.80. The van der Waals surface area contributed by atoms with Gasteiger partial charge in [-0.25, -0.2) is 4.79 Å². The molecule has 2 aliphatic heterocycles. The molecule has 2 aromatic rings. The summed E-state index contributed by atoms with van der Waals surface area (Å²) in [5.74, 6) is -2.15. The Morgan fingerprint density at radius 2 is 1.71 bits per heavy atom. The second-order valence-electron chi connectivity index (χ2n) is 12.4. The monoisotopic (exact) mass is 578 g/mol. The van der Waals surface area contributed by atoms with E-state index in [4.69, 9.17) is 0 Å². The van der Waals surface area contributed by atoms with E-state index in [0.29, 0.717) is 17.5 Å². The Bertz CT molecular complexity index is 1440. The van der Waals surface area contributed by atoms with Crippen molar-refractivity contribution >= 4 is 23.8 Å². The van der Waals surface area contributed by atoms with Crippen molar-refractivity contribution in [3.05, 3.63) is 58.7 Å². The van der Waals surface area contributed by atoms with E-state index in [9.17, 15) is 34.5 Å². The molecule has 1 saturated heterocycles. The van der Waals surface area contributed by atoms with E-state index in [-0.39, 0.29) is 29.9 Å². The number of likely N-dealkylation sites (N-methyl/N-ethyl adjacent to an activating group) is 1. The number of carbonyl (C=O) groups is 4. The van der Waals surface area contributed by atoms with Crippen molar-refractivity contribution in [1.29, 1.82) is 0 Å². The number of carboxylic acid groups (broad SMARTS) is 1. The lowest BCUT2D eigenvalue weighted by molar-refractivity contribution is -0.145. The van der Waals surface area contributed by atoms with Crippen LogP contribution in [0, 0.1) is 5.41 Å². The molecule has 4 amide bonds. The highest BCUT2D eigenvalue weighted by atomic mass is 16.4. The summed E-state index contributed by atoms with van der Waals surface area (Å²) in [5.41, 5.74) is 2.73. The smallest absolute Gasteiger partial charge is 0.407 e. The Labute approximate surface area is 244 Å². The first-order valence-corrected chi connectivity index (χ1v) is 14.3. The number of carbonyl (C=O) groups excluding carboxylic acids is 3. The van der Waals surface area contributed by atoms with Crippen molar-refractivity contribution in [3.8, 4) is 11.5 Å². The molecule has 1 fully saturated rings. The molecule has 11 nitrogen and oxygen atoms in total. The fourth-order valence-electron chi connectivity index (χ4n) is 6.80. The fraction of sp³-hybridized carbons (Fsp3) is 0.484. The third kappa shape index (κ3) is 5.12. The molecule has 2 aromatic carbocycles. The summed E-state index contributed by atoms with van der Waals surface area (Å²) < 4.78 is 0. The lowest BCUT2D eigenvalue weighted by atomic mass is 9.80. The maximum absolute atomic E-state index is 14.3. The third-order valence-electron chi connectivity index (χ3n) is 9.16. The number of hydrogen-bond acceptors (Lipinski definition) is 6. The number of amides is 4. The van der Waals surface area contributed by atoms with Crippen LogP contribution in [0.15, 0.2) is 36.4 Å². The van der Waals surface area contributed by atoms with E-state index in [1.54, 1.807) is 0 Å². The number of nitrogens with one attached hydrogen (secondary N) is 2. The number of phenols is 2. The molecule has 0 radical (unpaired) electrons. The van der Waals surface area contributed by atoms with E-state index < -0.39 is 47.5 Å². The molecule has 0 saturated carbocycles. The zero-order valence-electron chi connectivity index (χ0n) is 24.3. The first-order chi connectivity index (χ1) is 19.8. The summed E-state index contributed by atoms with van der Waals surface area (Å²) in [4.78, 5) is 55.3. The molecule has 0 bridgehead atoms. The van der Waals surface area contributed by atoms with Gasteiger partial charge in [0.05, 0.1) is 12.1 Å². The maximum Gasteiger partial charge on any atom is 0.407 e. The molecule has 5 atom stereocenters. The molecule has 5 N–H and O–H groups in total. The van der Waals surface area contributed by atoms with Crippen LogP contribution in [0.25, 0.3) is 0 Å². The topological polar surface area (TPSA) is 160 Å². The van der Waals surface area contributed by atoms with Crippen LogP contribution in [0.2, 0.25) is 0 Å². The molecule has 1 aliphatic carbocycles. The Morgan fingerprint density at radius 3 is 2.43 bits per heavy atom. The molecule has 42 heavy (non-hydrogen) atoms. The van der Waals surface area contributed by atoms with Gasteiger partial charge in [-0.3, -0.25) is 19.3 Å². The van der Waals surface area contributed by atoms with Gasteiger partial charge < -0.3 is 30.9 Å². The normalized spacial score (nSPS) is 24.9. The lowest BCUT2D eigenvalue weighted by Gasteiger charge is -2.36. The lowest BCUT2D eigenvalue weighted by Crippen LogP contribution is -2.58. The SMILES string of the molecule is C[C@@H](C(=O)N[C@H]1Cc2cc(O)c(O)cc2[C@H]2CC(C)(C)C(C(=O)N[C@@H]3CCCc4ccccc43)N2C1=O)N(C)C(=O)O. The van der Waals surface area contributed by atoms with Gasteiger partial charge in [0.1, 0.15) is 18.1 Å². The Kier molecular flexibility index (Phi) is 7.55. The standard InChI is InChI=1S/C31H38N4O7/c1-16(34(4)30(41)42)27(38)33-22-12-18-13-24(36)25(37)14-20(18)23-15-31(2,3)26(35(23)29(22)40)28(39)32-21-11-7-9-17-8-5-6-10-19(17)21/h5-6,8,10,13-14,16,21-23,26,36-37H,7,9,11-12,15H2,1-4H3,(H,32,39)(H,33,38)(H,41,42)/t16-,21+,22-,23+,26?/m0/s1. The predicted octanol–water partition coefficient (Wildman–Crippen LogP) is 3.00. The Morgan fingerprint density at radius 1 is 1.02 bits per heavy atom. The van der Waals surface area contributed by atoms with Gasteiger partial charge >= 0.3 is 6.09 Å². The van der Waals surface area contributed by atoms with Gasteiger partial charge in [-0.1, -0.05) is 38.1 Å². The Hall–Kier alpha value is -4.28. The molecule has 1 unspecified atom stereocenters. The quantitative estimate of drug-likeness (QED) is 0.341. The van der Waals surface area contributed by atoms with Gasteiger partial charge in [0, 0.05) is 13.5 Å². The molecule has 5 rings (SSSR count). The first-order valence-electron chi connectivity index (χ1n) is 14.3. The predicted molar refractivity (Wildman–Crippen MR) is 153 cm³/mol. The second kappa shape index (κ2) is 10.8. The maximum atomic E-state index is 14.3. The van der Waals surface area contributed by atoms with Crippen LogP contribution in [-0.4, -0.2) is 74.1 Å². The van der Waals surface area contributed by atoms with Gasteiger partial charge in [-0.05, 0) is 72.4 Å². The molecule has 0 spiro atoms. The summed E-state index contributed by atoms with van der Waals surface area (Å²) in [5, 5.41) is 35.9. The summed E-state index contributed by atoms with van der Waals surface area (Å²) in [6, 6.07) is 6.94. The minimum absolute atomic E-state index is 0.00494. The molecular weight excluding hydrogens is 540 g/mol. The Balaban J connectivity index is 1.51. The van der Waals surface area contributed by atoms with E-state index in [1.807, 2.05) is 32.0 Å². The second-order valence-corrected chi connectivity index (χ2v) is 12.4. The van der Waals surface area contributed by atoms with Gasteiger partial charge in [0.2, 0.25) is 17.7 Å². The number of nitrogens with zero attached hydrogens (tertiary/aromatic N) is 2. The van der Waals surface area contributed by atoms with Gasteiger partial charge in [-0.2, -0.15) is 0 Å². The largest absolute Gasteiger partial charge is 0.504 e. The zero-order chi connectivity index (χ0) is 30.5. The van der Waals surface area contributed by atoms with Crippen molar-refractivity contribution in [2.45, 2.75) is 83.1 Å². The van der Waals surface area contributed by atoms with Crippen LogP contribution >= 0.6 is 0 Å². The van der Waals surface area contributed by atoms with Gasteiger partial charge in [-0.15, -0.1) is 0 Å².